The molecule has 1 aliphatic rings. The number of benzene rings is 1. The Hall–Kier alpha value is -1.79. The Bertz CT molecular complexity index is 569. The first-order valence-corrected chi connectivity index (χ1v) is 7.32. The molecule has 2 rings (SSSR count). The lowest BCUT2D eigenvalue weighted by atomic mass is 9.90. The Morgan fingerprint density at radius 2 is 2.09 bits per heavy atom. The number of nitrogens with one attached hydrogen (secondary N) is 1. The first kappa shape index (κ1) is 16.6. The molecule has 1 saturated heterocycles. The van der Waals surface area contributed by atoms with Gasteiger partial charge in [-0.25, -0.2) is 4.79 Å². The Kier molecular flexibility index (Phi) is 5.26. The Balaban J connectivity index is 1.94. The van der Waals surface area contributed by atoms with E-state index in [4.69, 9.17) is 21.1 Å². The third-order valence-corrected chi connectivity index (χ3v) is 4.06. The van der Waals surface area contributed by atoms with E-state index in [0.29, 0.717) is 24.0 Å². The van der Waals surface area contributed by atoms with Crippen LogP contribution in [0.3, 0.4) is 0 Å². The molecular formula is C15H18ClNO5. The minimum atomic E-state index is -1.27. The van der Waals surface area contributed by atoms with Crippen LogP contribution in [0.5, 0.6) is 5.75 Å². The summed E-state index contributed by atoms with van der Waals surface area (Å²) in [4.78, 5) is 23.4. The van der Waals surface area contributed by atoms with Gasteiger partial charge >= 0.3 is 5.97 Å². The number of ether oxygens (including phenoxy) is 2. The molecule has 0 unspecified atom stereocenters. The summed E-state index contributed by atoms with van der Waals surface area (Å²) in [7, 11) is 0. The smallest absolute Gasteiger partial charge is 0.329 e. The zero-order chi connectivity index (χ0) is 16.2. The summed E-state index contributed by atoms with van der Waals surface area (Å²) in [6.45, 7) is 2.20. The van der Waals surface area contributed by atoms with Gasteiger partial charge in [0.15, 0.2) is 6.61 Å². The molecule has 1 aromatic rings. The fraction of sp³-hybridized carbons (Fsp3) is 0.467. The van der Waals surface area contributed by atoms with Crippen LogP contribution >= 0.6 is 11.6 Å². The van der Waals surface area contributed by atoms with E-state index in [2.05, 4.69) is 5.32 Å². The Morgan fingerprint density at radius 3 is 2.68 bits per heavy atom. The molecule has 0 atom stereocenters. The van der Waals surface area contributed by atoms with E-state index in [1.54, 1.807) is 18.2 Å². The predicted molar refractivity (Wildman–Crippen MR) is 80.2 cm³/mol. The zero-order valence-corrected chi connectivity index (χ0v) is 13.0. The molecule has 0 radical (unpaired) electrons. The van der Waals surface area contributed by atoms with Gasteiger partial charge in [-0.3, -0.25) is 4.79 Å². The van der Waals surface area contributed by atoms with Crippen molar-refractivity contribution in [3.8, 4) is 5.75 Å². The molecule has 0 bridgehead atoms. The lowest BCUT2D eigenvalue weighted by Gasteiger charge is -2.33. The normalized spacial score (nSPS) is 16.8. The van der Waals surface area contributed by atoms with Crippen LogP contribution in [-0.4, -0.2) is 42.3 Å². The van der Waals surface area contributed by atoms with Crippen LogP contribution in [0.4, 0.5) is 0 Å². The highest BCUT2D eigenvalue weighted by atomic mass is 35.5. The van der Waals surface area contributed by atoms with E-state index in [9.17, 15) is 14.7 Å². The molecule has 6 nitrogen and oxygen atoms in total. The standard InChI is InChI=1S/C15H18ClNO5/c1-10-8-11(2-3-12(10)16)22-9-13(18)17-15(14(19)20)4-6-21-7-5-15/h2-3,8H,4-7,9H2,1H3,(H,17,18)(H,19,20). The van der Waals surface area contributed by atoms with Crippen LogP contribution in [0.15, 0.2) is 18.2 Å². The summed E-state index contributed by atoms with van der Waals surface area (Å²) in [6.07, 6.45) is 0.488. The molecule has 2 N–H and O–H groups in total. The van der Waals surface area contributed by atoms with Crippen LogP contribution in [0, 0.1) is 6.92 Å². The molecule has 1 aromatic carbocycles. The van der Waals surface area contributed by atoms with Crippen molar-refractivity contribution in [1.29, 1.82) is 0 Å². The number of hydrogen-bond acceptors (Lipinski definition) is 4. The number of rotatable bonds is 5. The maximum Gasteiger partial charge on any atom is 0.329 e. The summed E-state index contributed by atoms with van der Waals surface area (Å²) in [5.41, 5.74) is -0.430. The fourth-order valence-electron chi connectivity index (χ4n) is 2.27. The maximum atomic E-state index is 12.0. The SMILES string of the molecule is Cc1cc(OCC(=O)NC2(C(=O)O)CCOCC2)ccc1Cl. The predicted octanol–water partition coefficient (Wildman–Crippen LogP) is 1.78. The molecule has 1 amide bonds. The number of aryl methyl sites for hydroxylation is 1. The van der Waals surface area contributed by atoms with Crippen LogP contribution in [0.25, 0.3) is 0 Å². The molecule has 22 heavy (non-hydrogen) atoms. The van der Waals surface area contributed by atoms with Crippen LogP contribution in [0.2, 0.25) is 5.02 Å². The molecule has 1 aliphatic heterocycles. The van der Waals surface area contributed by atoms with Crippen LogP contribution < -0.4 is 10.1 Å². The van der Waals surface area contributed by atoms with Crippen molar-refractivity contribution >= 4 is 23.5 Å². The van der Waals surface area contributed by atoms with Crippen molar-refractivity contribution in [2.24, 2.45) is 0 Å². The third-order valence-electron chi connectivity index (χ3n) is 3.63. The van der Waals surface area contributed by atoms with Crippen LogP contribution in [0.1, 0.15) is 18.4 Å². The van der Waals surface area contributed by atoms with Gasteiger partial charge in [0.05, 0.1) is 0 Å². The van der Waals surface area contributed by atoms with Crippen molar-refractivity contribution in [2.75, 3.05) is 19.8 Å². The molecule has 1 fully saturated rings. The molecule has 7 heteroatoms. The summed E-state index contributed by atoms with van der Waals surface area (Å²) >= 11 is 5.91. The van der Waals surface area contributed by atoms with Gasteiger partial charge in [0.2, 0.25) is 0 Å². The minimum Gasteiger partial charge on any atom is -0.484 e. The molecular weight excluding hydrogens is 310 g/mol. The van der Waals surface area contributed by atoms with Gasteiger partial charge < -0.3 is 19.9 Å². The van der Waals surface area contributed by atoms with E-state index in [1.165, 1.54) is 0 Å². The number of hydrogen-bond donors (Lipinski definition) is 2. The number of aliphatic carboxylic acids is 1. The minimum absolute atomic E-state index is 0.244. The fourth-order valence-corrected chi connectivity index (χ4v) is 2.39. The van der Waals surface area contributed by atoms with Crippen molar-refractivity contribution < 1.29 is 24.2 Å². The number of amides is 1. The van der Waals surface area contributed by atoms with E-state index in [0.717, 1.165) is 5.56 Å². The average Bonchev–Trinajstić information content (AvgIpc) is 2.49. The second-order valence-corrected chi connectivity index (χ2v) is 5.65. The zero-order valence-electron chi connectivity index (χ0n) is 12.2. The van der Waals surface area contributed by atoms with Crippen molar-refractivity contribution in [1.82, 2.24) is 5.32 Å². The number of halogens is 1. The molecule has 0 saturated carbocycles. The lowest BCUT2D eigenvalue weighted by Crippen LogP contribution is -2.58. The Labute approximate surface area is 133 Å². The molecule has 120 valence electrons. The van der Waals surface area contributed by atoms with Gasteiger partial charge in [-0.15, -0.1) is 0 Å². The van der Waals surface area contributed by atoms with Gasteiger partial charge in [0.1, 0.15) is 11.3 Å². The van der Waals surface area contributed by atoms with E-state index < -0.39 is 17.4 Å². The first-order chi connectivity index (χ1) is 10.4. The van der Waals surface area contributed by atoms with Crippen LogP contribution in [-0.2, 0) is 14.3 Å². The number of carbonyl (C=O) groups excluding carboxylic acids is 1. The first-order valence-electron chi connectivity index (χ1n) is 6.94. The number of carboxylic acids is 1. The average molecular weight is 328 g/mol. The summed E-state index contributed by atoms with van der Waals surface area (Å²) < 4.78 is 10.5. The maximum absolute atomic E-state index is 12.0. The monoisotopic (exact) mass is 327 g/mol. The van der Waals surface area contributed by atoms with Gasteiger partial charge in [-0.1, -0.05) is 11.6 Å². The molecule has 1 heterocycles. The Morgan fingerprint density at radius 1 is 1.41 bits per heavy atom. The van der Waals surface area contributed by atoms with Crippen molar-refractivity contribution in [3.05, 3.63) is 28.8 Å². The van der Waals surface area contributed by atoms with Crippen molar-refractivity contribution in [3.63, 3.8) is 0 Å². The van der Waals surface area contributed by atoms with Gasteiger partial charge in [0, 0.05) is 31.1 Å². The largest absolute Gasteiger partial charge is 0.484 e. The molecule has 0 aliphatic carbocycles. The summed E-state index contributed by atoms with van der Waals surface area (Å²) in [6, 6.07) is 5.06. The second kappa shape index (κ2) is 6.98. The van der Waals surface area contributed by atoms with E-state index in [1.807, 2.05) is 6.92 Å². The number of carboxylic acid groups (broad SMARTS) is 1. The van der Waals surface area contributed by atoms with Gasteiger partial charge in [-0.05, 0) is 30.7 Å². The topological polar surface area (TPSA) is 84.9 Å². The van der Waals surface area contributed by atoms with Gasteiger partial charge in [-0.2, -0.15) is 0 Å². The van der Waals surface area contributed by atoms with Crippen molar-refractivity contribution in [2.45, 2.75) is 25.3 Å². The third kappa shape index (κ3) is 3.90. The molecule has 0 aromatic heterocycles. The highest BCUT2D eigenvalue weighted by Crippen LogP contribution is 2.22. The second-order valence-electron chi connectivity index (χ2n) is 5.25. The summed E-state index contributed by atoms with van der Waals surface area (Å²) in [5.74, 6) is -1.02. The van der Waals surface area contributed by atoms with E-state index >= 15 is 0 Å². The highest BCUT2D eigenvalue weighted by Gasteiger charge is 2.41. The summed E-state index contributed by atoms with van der Waals surface area (Å²) in [5, 5.41) is 12.5. The number of carbonyl (C=O) groups is 2. The highest BCUT2D eigenvalue weighted by molar-refractivity contribution is 6.31. The lowest BCUT2D eigenvalue weighted by molar-refractivity contribution is -0.152. The van der Waals surface area contributed by atoms with E-state index in [-0.39, 0.29) is 19.4 Å². The van der Waals surface area contributed by atoms with Gasteiger partial charge in [0.25, 0.3) is 5.91 Å². The molecule has 0 spiro atoms. The quantitative estimate of drug-likeness (QED) is 0.861.